The van der Waals surface area contributed by atoms with Crippen molar-refractivity contribution in [2.75, 3.05) is 19.6 Å². The van der Waals surface area contributed by atoms with Crippen LogP contribution in [0.2, 0.25) is 0 Å². The topological polar surface area (TPSA) is 15.3 Å². The van der Waals surface area contributed by atoms with Gasteiger partial charge in [-0.3, -0.25) is 4.90 Å². The molecule has 1 saturated heterocycles. The normalized spacial score (nSPS) is 32.2. The van der Waals surface area contributed by atoms with Crippen molar-refractivity contribution < 1.29 is 0 Å². The summed E-state index contributed by atoms with van der Waals surface area (Å²) in [6, 6.07) is 0.815. The van der Waals surface area contributed by atoms with Crippen molar-refractivity contribution in [2.24, 2.45) is 5.92 Å². The molecule has 0 aromatic carbocycles. The Morgan fingerprint density at radius 2 is 2.06 bits per heavy atom. The van der Waals surface area contributed by atoms with E-state index in [1.165, 1.54) is 64.6 Å². The van der Waals surface area contributed by atoms with Gasteiger partial charge in [0.05, 0.1) is 0 Å². The average molecular weight is 252 g/mol. The molecule has 2 rings (SSSR count). The zero-order valence-electron chi connectivity index (χ0n) is 12.7. The molecule has 2 nitrogen and oxygen atoms in total. The number of rotatable bonds is 6. The highest BCUT2D eigenvalue weighted by molar-refractivity contribution is 4.90. The Kier molecular flexibility index (Phi) is 5.08. The smallest absolute Gasteiger partial charge is 0.0153 e. The van der Waals surface area contributed by atoms with E-state index in [-0.39, 0.29) is 0 Å². The second kappa shape index (κ2) is 6.38. The Morgan fingerprint density at radius 3 is 2.72 bits per heavy atom. The van der Waals surface area contributed by atoms with Crippen LogP contribution in [0.25, 0.3) is 0 Å². The van der Waals surface area contributed by atoms with E-state index in [2.05, 4.69) is 31.0 Å². The van der Waals surface area contributed by atoms with E-state index in [9.17, 15) is 0 Å². The first-order valence-electron chi connectivity index (χ1n) is 8.12. The summed E-state index contributed by atoms with van der Waals surface area (Å²) >= 11 is 0. The molecule has 0 aromatic heterocycles. The third kappa shape index (κ3) is 3.48. The van der Waals surface area contributed by atoms with Crippen molar-refractivity contribution in [3.8, 4) is 0 Å². The summed E-state index contributed by atoms with van der Waals surface area (Å²) in [6.07, 6.45) is 9.76. The lowest BCUT2D eigenvalue weighted by Gasteiger charge is -2.33. The summed E-state index contributed by atoms with van der Waals surface area (Å²) in [6.45, 7) is 11.0. The highest BCUT2D eigenvalue weighted by Gasteiger charge is 2.33. The second-order valence-corrected chi connectivity index (χ2v) is 6.94. The van der Waals surface area contributed by atoms with Crippen LogP contribution in [0, 0.1) is 5.92 Å². The van der Waals surface area contributed by atoms with Gasteiger partial charge in [-0.15, -0.1) is 0 Å². The molecule has 1 saturated carbocycles. The summed E-state index contributed by atoms with van der Waals surface area (Å²) in [5, 5.41) is 3.76. The predicted molar refractivity (Wildman–Crippen MR) is 78.9 cm³/mol. The van der Waals surface area contributed by atoms with Crippen molar-refractivity contribution in [1.82, 2.24) is 10.2 Å². The highest BCUT2D eigenvalue weighted by atomic mass is 15.2. The van der Waals surface area contributed by atoms with Crippen LogP contribution in [0.4, 0.5) is 0 Å². The Hall–Kier alpha value is -0.0800. The third-order valence-electron chi connectivity index (χ3n) is 5.16. The fraction of sp³-hybridized carbons (Fsp3) is 1.00. The lowest BCUT2D eigenvalue weighted by Crippen LogP contribution is -2.41. The van der Waals surface area contributed by atoms with Gasteiger partial charge in [0.25, 0.3) is 0 Å². The summed E-state index contributed by atoms with van der Waals surface area (Å²) < 4.78 is 0. The Balaban J connectivity index is 1.75. The minimum absolute atomic E-state index is 0.463. The van der Waals surface area contributed by atoms with Gasteiger partial charge in [0.1, 0.15) is 0 Å². The van der Waals surface area contributed by atoms with Crippen LogP contribution < -0.4 is 5.32 Å². The molecule has 0 amide bonds. The summed E-state index contributed by atoms with van der Waals surface area (Å²) in [5.41, 5.74) is 0.463. The maximum Gasteiger partial charge on any atom is 0.0153 e. The molecule has 1 N–H and O–H groups in total. The first-order valence-corrected chi connectivity index (χ1v) is 8.12. The Labute approximate surface area is 114 Å². The van der Waals surface area contributed by atoms with Crippen molar-refractivity contribution >= 4 is 0 Å². The lowest BCUT2D eigenvalue weighted by atomic mass is 9.97. The first kappa shape index (κ1) is 14.3. The van der Waals surface area contributed by atoms with E-state index in [1.54, 1.807) is 0 Å². The van der Waals surface area contributed by atoms with Crippen LogP contribution in [0.15, 0.2) is 0 Å². The quantitative estimate of drug-likeness (QED) is 0.779. The third-order valence-corrected chi connectivity index (χ3v) is 5.16. The van der Waals surface area contributed by atoms with Gasteiger partial charge < -0.3 is 5.32 Å². The van der Waals surface area contributed by atoms with Crippen molar-refractivity contribution in [1.29, 1.82) is 0 Å². The van der Waals surface area contributed by atoms with Gasteiger partial charge in [0, 0.05) is 11.6 Å². The van der Waals surface area contributed by atoms with Gasteiger partial charge in [-0.25, -0.2) is 0 Å². The molecule has 0 spiro atoms. The molecule has 18 heavy (non-hydrogen) atoms. The van der Waals surface area contributed by atoms with Gasteiger partial charge in [-0.05, 0) is 77.9 Å². The van der Waals surface area contributed by atoms with Crippen LogP contribution in [-0.2, 0) is 0 Å². The number of likely N-dealkylation sites (tertiary alicyclic amines) is 1. The van der Waals surface area contributed by atoms with Crippen molar-refractivity contribution in [2.45, 2.75) is 77.3 Å². The SMILES string of the molecule is CCCNC1CCCC1CCN1CCCC1(C)C. The minimum atomic E-state index is 0.463. The summed E-state index contributed by atoms with van der Waals surface area (Å²) in [7, 11) is 0. The van der Waals surface area contributed by atoms with Gasteiger partial charge in [0.15, 0.2) is 0 Å². The number of hydrogen-bond acceptors (Lipinski definition) is 2. The maximum atomic E-state index is 3.76. The zero-order valence-corrected chi connectivity index (χ0v) is 12.7. The van der Waals surface area contributed by atoms with Gasteiger partial charge in [-0.1, -0.05) is 13.3 Å². The van der Waals surface area contributed by atoms with Crippen LogP contribution >= 0.6 is 0 Å². The monoisotopic (exact) mass is 252 g/mol. The molecular weight excluding hydrogens is 220 g/mol. The van der Waals surface area contributed by atoms with Crippen molar-refractivity contribution in [3.63, 3.8) is 0 Å². The summed E-state index contributed by atoms with van der Waals surface area (Å²) in [4.78, 5) is 2.72. The fourth-order valence-corrected chi connectivity index (χ4v) is 3.88. The summed E-state index contributed by atoms with van der Waals surface area (Å²) in [5.74, 6) is 0.938. The standard InChI is InChI=1S/C16H32N2/c1-4-11-17-15-8-5-7-14(15)9-13-18-12-6-10-16(18,2)3/h14-15,17H,4-13H2,1-3H3. The van der Waals surface area contributed by atoms with Gasteiger partial charge in [-0.2, -0.15) is 0 Å². The average Bonchev–Trinajstić information content (AvgIpc) is 2.90. The van der Waals surface area contributed by atoms with Crippen LogP contribution in [-0.4, -0.2) is 36.1 Å². The predicted octanol–water partition coefficient (Wildman–Crippen LogP) is 3.42. The molecule has 0 bridgehead atoms. The Bertz CT molecular complexity index is 249. The van der Waals surface area contributed by atoms with Crippen LogP contribution in [0.5, 0.6) is 0 Å². The molecule has 1 aliphatic carbocycles. The molecule has 0 radical (unpaired) electrons. The van der Waals surface area contributed by atoms with E-state index in [1.807, 2.05) is 0 Å². The largest absolute Gasteiger partial charge is 0.314 e. The molecule has 2 heteroatoms. The molecule has 1 aliphatic heterocycles. The molecule has 106 valence electrons. The molecule has 2 atom stereocenters. The molecular formula is C16H32N2. The molecule has 2 fully saturated rings. The number of hydrogen-bond donors (Lipinski definition) is 1. The second-order valence-electron chi connectivity index (χ2n) is 6.94. The minimum Gasteiger partial charge on any atom is -0.314 e. The van der Waals surface area contributed by atoms with Crippen LogP contribution in [0.1, 0.15) is 65.7 Å². The van der Waals surface area contributed by atoms with E-state index in [0.717, 1.165) is 12.0 Å². The molecule has 1 heterocycles. The highest BCUT2D eigenvalue weighted by Crippen LogP contribution is 2.32. The van der Waals surface area contributed by atoms with E-state index >= 15 is 0 Å². The first-order chi connectivity index (χ1) is 8.63. The molecule has 2 aliphatic rings. The zero-order chi connectivity index (χ0) is 13.0. The number of nitrogens with one attached hydrogen (secondary N) is 1. The molecule has 0 aromatic rings. The van der Waals surface area contributed by atoms with Gasteiger partial charge >= 0.3 is 0 Å². The fourth-order valence-electron chi connectivity index (χ4n) is 3.88. The van der Waals surface area contributed by atoms with E-state index in [4.69, 9.17) is 0 Å². The van der Waals surface area contributed by atoms with E-state index in [0.29, 0.717) is 5.54 Å². The van der Waals surface area contributed by atoms with E-state index < -0.39 is 0 Å². The van der Waals surface area contributed by atoms with Crippen LogP contribution in [0.3, 0.4) is 0 Å². The van der Waals surface area contributed by atoms with Gasteiger partial charge in [0.2, 0.25) is 0 Å². The molecule has 2 unspecified atom stereocenters. The van der Waals surface area contributed by atoms with Crippen molar-refractivity contribution in [3.05, 3.63) is 0 Å². The lowest BCUT2D eigenvalue weighted by molar-refractivity contribution is 0.159. The maximum absolute atomic E-state index is 3.76. The Morgan fingerprint density at radius 1 is 1.22 bits per heavy atom. The number of nitrogens with zero attached hydrogens (tertiary/aromatic N) is 1.